The molecule has 0 atom stereocenters. The zero-order valence-electron chi connectivity index (χ0n) is 57.7. The molecular formula is C77H104Cl2O6P2. The normalized spacial score (nSPS) is 14.7. The number of methoxy groups -OCH3 is 1. The van der Waals surface area contributed by atoms with Crippen LogP contribution in [-0.2, 0) is 62.0 Å². The molecule has 0 N–H and O–H groups in total. The Labute approximate surface area is 535 Å². The van der Waals surface area contributed by atoms with Crippen molar-refractivity contribution in [2.75, 3.05) is 13.7 Å². The van der Waals surface area contributed by atoms with Gasteiger partial charge in [0.25, 0.3) is 0 Å². The van der Waals surface area contributed by atoms with E-state index in [0.717, 1.165) is 76.6 Å². The second-order valence-corrected chi connectivity index (χ2v) is 39.4. The quantitative estimate of drug-likeness (QED) is 0.0897. The minimum atomic E-state index is -4.32. The Morgan fingerprint density at radius 1 is 0.402 bits per heavy atom. The molecule has 0 radical (unpaired) electrons. The van der Waals surface area contributed by atoms with Gasteiger partial charge in [-0.3, -0.25) is 0 Å². The number of benzene rings is 6. The van der Waals surface area contributed by atoms with E-state index in [0.29, 0.717) is 37.4 Å². The number of esters is 1. The Kier molecular flexibility index (Phi) is 19.7. The van der Waals surface area contributed by atoms with Crippen LogP contribution in [0.2, 0.25) is 10.0 Å². The maximum Gasteiger partial charge on any atom is 0.343 e. The predicted octanol–water partition coefficient (Wildman–Crippen LogP) is 19.6. The molecule has 1 aliphatic rings. The smallest absolute Gasteiger partial charge is 0.343 e. The van der Waals surface area contributed by atoms with Crippen molar-refractivity contribution >= 4 is 75.3 Å². The molecule has 0 aliphatic heterocycles. The monoisotopic (exact) mass is 1260 g/mol. The van der Waals surface area contributed by atoms with E-state index in [-0.39, 0.29) is 76.5 Å². The fraction of sp³-hybridized carbons (Fsp3) is 0.519. The summed E-state index contributed by atoms with van der Waals surface area (Å²) in [6, 6.07) is 33.5. The summed E-state index contributed by atoms with van der Waals surface area (Å²) in [4.78, 5) is 13.7. The molecule has 6 aromatic carbocycles. The van der Waals surface area contributed by atoms with E-state index in [4.69, 9.17) is 37.4 Å². The van der Waals surface area contributed by atoms with Gasteiger partial charge in [0.1, 0.15) is 11.5 Å². The van der Waals surface area contributed by atoms with Crippen molar-refractivity contribution in [1.82, 2.24) is 0 Å². The highest BCUT2D eigenvalue weighted by molar-refractivity contribution is 7.86. The van der Waals surface area contributed by atoms with E-state index in [2.05, 4.69) is 239 Å². The highest BCUT2D eigenvalue weighted by Crippen LogP contribution is 2.57. The summed E-state index contributed by atoms with van der Waals surface area (Å²) in [5.74, 6) is -0.306. The Morgan fingerprint density at radius 2 is 0.655 bits per heavy atom. The van der Waals surface area contributed by atoms with Gasteiger partial charge in [0.2, 0.25) is 0 Å². The van der Waals surface area contributed by atoms with Gasteiger partial charge in [-0.15, -0.1) is 0 Å². The fourth-order valence-corrected chi connectivity index (χ4v) is 17.7. The van der Waals surface area contributed by atoms with Crippen LogP contribution in [0.5, 0.6) is 11.5 Å². The number of hydrogen-bond acceptors (Lipinski definition) is 6. The van der Waals surface area contributed by atoms with Gasteiger partial charge in [0, 0.05) is 43.0 Å². The van der Waals surface area contributed by atoms with Crippen LogP contribution < -0.4 is 41.3 Å². The lowest BCUT2D eigenvalue weighted by atomic mass is 9.81. The molecule has 6 aromatic rings. The number of hydrogen-bond donors (Lipinski definition) is 0. The first-order valence-electron chi connectivity index (χ1n) is 31.5. The van der Waals surface area contributed by atoms with Crippen LogP contribution in [0, 0.1) is 0 Å². The van der Waals surface area contributed by atoms with Crippen molar-refractivity contribution in [1.29, 1.82) is 0 Å². The summed E-state index contributed by atoms with van der Waals surface area (Å²) >= 11 is 15.6. The lowest BCUT2D eigenvalue weighted by molar-refractivity contribution is -0.142. The van der Waals surface area contributed by atoms with E-state index in [1.54, 1.807) is 6.07 Å². The molecule has 1 fully saturated rings. The molecule has 0 bridgehead atoms. The molecule has 0 saturated heterocycles. The molecule has 0 spiro atoms. The van der Waals surface area contributed by atoms with Crippen molar-refractivity contribution < 1.29 is 28.1 Å². The van der Waals surface area contributed by atoms with Crippen LogP contribution in [0.25, 0.3) is 11.1 Å². The molecule has 0 unspecified atom stereocenters. The Bertz CT molecular complexity index is 3370. The van der Waals surface area contributed by atoms with Crippen molar-refractivity contribution in [2.45, 2.75) is 248 Å². The number of carbonyl (C=O) groups is 1. The highest BCUT2D eigenvalue weighted by atomic mass is 35.5. The molecule has 0 amide bonds. The Morgan fingerprint density at radius 3 is 0.908 bits per heavy atom. The minimum absolute atomic E-state index is 0.0621. The third-order valence-electron chi connectivity index (χ3n) is 17.6. The van der Waals surface area contributed by atoms with Crippen molar-refractivity contribution in [3.63, 3.8) is 0 Å². The zero-order chi connectivity index (χ0) is 65.4. The van der Waals surface area contributed by atoms with E-state index in [1.807, 2.05) is 18.2 Å². The summed E-state index contributed by atoms with van der Waals surface area (Å²) < 4.78 is 57.7. The summed E-state index contributed by atoms with van der Waals surface area (Å²) in [5, 5.41) is 3.66. The highest BCUT2D eigenvalue weighted by Gasteiger charge is 2.44. The summed E-state index contributed by atoms with van der Waals surface area (Å²) in [6.45, 7) is 52.2. The largest absolute Gasteiger partial charge is 0.488 e. The standard InChI is InChI=1S/C77H104Cl2O6P2/c1-70(2,3)48-35-49(71(4,5)6)40-57(39-48)86(81,58-41-50(72(7,8)9)36-51(42-58)73(10,11)12)63-33-31-61(78)68(84-47-65(80)83-25)66(63)67-64(34-32-62(79)69(67)85-56-29-27-26-28-30-56)87(82,59-43-52(74(13,14)15)37-53(44-59)75(16,17)18)60-45-54(76(19,20)21)38-55(46-60)77(22,23)24/h31-46,56H,26-30,47H2,1-25H3. The topological polar surface area (TPSA) is 78.9 Å². The number of rotatable bonds is 12. The first kappa shape index (κ1) is 69.9. The maximum atomic E-state index is 19.0. The lowest BCUT2D eigenvalue weighted by Crippen LogP contribution is -2.34. The molecular weight excluding hydrogens is 1150 g/mol. The van der Waals surface area contributed by atoms with E-state index < -0.39 is 26.9 Å². The minimum Gasteiger partial charge on any atom is -0.488 e. The van der Waals surface area contributed by atoms with Gasteiger partial charge in [0.15, 0.2) is 20.9 Å². The van der Waals surface area contributed by atoms with Gasteiger partial charge in [-0.1, -0.05) is 220 Å². The molecule has 6 nitrogen and oxygen atoms in total. The molecule has 0 aromatic heterocycles. The summed E-state index contributed by atoms with van der Waals surface area (Å²) in [6.07, 6.45) is 4.22. The van der Waals surface area contributed by atoms with Crippen LogP contribution in [0.1, 0.15) is 243 Å². The Balaban J connectivity index is 1.91. The van der Waals surface area contributed by atoms with Crippen molar-refractivity contribution in [3.8, 4) is 22.6 Å². The van der Waals surface area contributed by atoms with Crippen LogP contribution >= 0.6 is 37.5 Å². The van der Waals surface area contributed by atoms with Gasteiger partial charge < -0.3 is 23.3 Å². The number of ether oxygens (including phenoxy) is 3. The molecule has 472 valence electrons. The van der Waals surface area contributed by atoms with Gasteiger partial charge in [-0.05, 0) is 186 Å². The van der Waals surface area contributed by atoms with E-state index in [9.17, 15) is 4.79 Å². The average Bonchev–Trinajstić information content (AvgIpc) is 0.730. The predicted molar refractivity (Wildman–Crippen MR) is 375 cm³/mol. The van der Waals surface area contributed by atoms with Gasteiger partial charge in [0.05, 0.1) is 23.3 Å². The van der Waals surface area contributed by atoms with Gasteiger partial charge in [-0.2, -0.15) is 0 Å². The molecule has 1 saturated carbocycles. The third-order valence-corrected chi connectivity index (χ3v) is 24.2. The van der Waals surface area contributed by atoms with Crippen LogP contribution in [0.15, 0.2) is 97.1 Å². The molecule has 1 aliphatic carbocycles. The summed E-state index contributed by atoms with van der Waals surface area (Å²) in [5.41, 5.74) is 5.80. The first-order chi connectivity index (χ1) is 39.6. The lowest BCUT2D eigenvalue weighted by Gasteiger charge is -2.34. The van der Waals surface area contributed by atoms with Crippen LogP contribution in [0.3, 0.4) is 0 Å². The van der Waals surface area contributed by atoms with Gasteiger partial charge >= 0.3 is 5.97 Å². The molecule has 87 heavy (non-hydrogen) atoms. The van der Waals surface area contributed by atoms with E-state index >= 15 is 9.13 Å². The second kappa shape index (κ2) is 24.6. The van der Waals surface area contributed by atoms with Gasteiger partial charge in [-0.25, -0.2) is 4.79 Å². The SMILES string of the molecule is COC(=O)COc1c(Cl)ccc(P(=O)(c2cc(C(C)(C)C)cc(C(C)(C)C)c2)c2cc(C(C)(C)C)cc(C(C)(C)C)c2)c1-c1c(P(=O)(c2cc(C(C)(C)C)cc(C(C)(C)C)c2)c2cc(C(C)(C)C)cc(C(C)(C)C)c2)ccc(Cl)c1OC1CCCCC1. The molecule has 0 heterocycles. The number of halogens is 2. The first-order valence-corrected chi connectivity index (χ1v) is 35.7. The van der Waals surface area contributed by atoms with E-state index in [1.165, 1.54) is 7.11 Å². The fourth-order valence-electron chi connectivity index (χ4n) is 11.4. The second-order valence-electron chi connectivity index (χ2n) is 33.1. The molecule has 10 heteroatoms. The van der Waals surface area contributed by atoms with Crippen molar-refractivity contribution in [3.05, 3.63) is 152 Å². The van der Waals surface area contributed by atoms with Crippen molar-refractivity contribution in [2.24, 2.45) is 0 Å². The average molecular weight is 1260 g/mol. The van der Waals surface area contributed by atoms with Crippen LogP contribution in [0.4, 0.5) is 0 Å². The molecule has 7 rings (SSSR count). The maximum absolute atomic E-state index is 19.0. The van der Waals surface area contributed by atoms with Crippen LogP contribution in [-0.4, -0.2) is 25.8 Å². The zero-order valence-corrected chi connectivity index (χ0v) is 61.0. The third kappa shape index (κ3) is 15.1. The summed E-state index contributed by atoms with van der Waals surface area (Å²) in [7, 11) is -7.30. The Hall–Kier alpha value is -4.57. The number of carbonyl (C=O) groups excluding carboxylic acids is 1.